The number of aliphatic hydroxyl groups is 1. The number of anilines is 1. The predicted molar refractivity (Wildman–Crippen MR) is 92.6 cm³/mol. The highest BCUT2D eigenvalue weighted by Gasteiger charge is 2.28. The van der Waals surface area contributed by atoms with Gasteiger partial charge in [-0.1, -0.05) is 0 Å². The normalized spacial score (nSPS) is 23.0. The number of piperidine rings is 1. The van der Waals surface area contributed by atoms with Crippen molar-refractivity contribution >= 4 is 15.8 Å². The number of fused-ring (bicyclic) bond motifs is 1. The SMILES string of the molecule is Cc1nc2c(c(N3CCC[C@H](CO)C3)n1)CCN(S(C)(=O)=O)CC2. The lowest BCUT2D eigenvalue weighted by Crippen LogP contribution is -2.38. The van der Waals surface area contributed by atoms with Gasteiger partial charge in [0.15, 0.2) is 0 Å². The van der Waals surface area contributed by atoms with Crippen molar-refractivity contribution in [3.8, 4) is 0 Å². The first-order valence-electron chi connectivity index (χ1n) is 8.56. The van der Waals surface area contributed by atoms with Gasteiger partial charge in [-0.05, 0) is 32.1 Å². The van der Waals surface area contributed by atoms with Gasteiger partial charge in [-0.25, -0.2) is 22.7 Å². The lowest BCUT2D eigenvalue weighted by atomic mass is 9.98. The third-order valence-corrected chi connectivity index (χ3v) is 6.24. The molecule has 2 aliphatic heterocycles. The van der Waals surface area contributed by atoms with E-state index in [0.717, 1.165) is 48.8 Å². The fourth-order valence-electron chi connectivity index (χ4n) is 3.68. The highest BCUT2D eigenvalue weighted by atomic mass is 32.2. The molecule has 0 radical (unpaired) electrons. The highest BCUT2D eigenvalue weighted by molar-refractivity contribution is 7.88. The Bertz CT molecular complexity index is 708. The average Bonchev–Trinajstić information content (AvgIpc) is 2.76. The molecular weight excluding hydrogens is 328 g/mol. The molecule has 0 saturated carbocycles. The van der Waals surface area contributed by atoms with Gasteiger partial charge in [0.1, 0.15) is 11.6 Å². The smallest absolute Gasteiger partial charge is 0.211 e. The minimum Gasteiger partial charge on any atom is -0.396 e. The van der Waals surface area contributed by atoms with E-state index in [-0.39, 0.29) is 12.5 Å². The Balaban J connectivity index is 1.92. The van der Waals surface area contributed by atoms with Crippen LogP contribution in [0.25, 0.3) is 0 Å². The van der Waals surface area contributed by atoms with Gasteiger partial charge in [0.05, 0.1) is 11.9 Å². The second-order valence-electron chi connectivity index (χ2n) is 6.82. The van der Waals surface area contributed by atoms with Gasteiger partial charge in [0, 0.05) is 44.8 Å². The molecule has 1 fully saturated rings. The van der Waals surface area contributed by atoms with Crippen molar-refractivity contribution in [2.45, 2.75) is 32.6 Å². The summed E-state index contributed by atoms with van der Waals surface area (Å²) in [4.78, 5) is 11.5. The molecule has 0 aliphatic carbocycles. The van der Waals surface area contributed by atoms with Gasteiger partial charge in [0.25, 0.3) is 0 Å². The van der Waals surface area contributed by atoms with E-state index in [2.05, 4.69) is 14.9 Å². The van der Waals surface area contributed by atoms with Crippen molar-refractivity contribution < 1.29 is 13.5 Å². The highest BCUT2D eigenvalue weighted by Crippen LogP contribution is 2.28. The van der Waals surface area contributed by atoms with Crippen LogP contribution in [0.4, 0.5) is 5.82 Å². The number of aliphatic hydroxyl groups excluding tert-OH is 1. The zero-order chi connectivity index (χ0) is 17.3. The maximum atomic E-state index is 11.9. The van der Waals surface area contributed by atoms with E-state index in [1.54, 1.807) is 0 Å². The van der Waals surface area contributed by atoms with Gasteiger partial charge in [-0.3, -0.25) is 0 Å². The number of hydrogen-bond acceptors (Lipinski definition) is 6. The van der Waals surface area contributed by atoms with Gasteiger partial charge in [-0.2, -0.15) is 0 Å². The van der Waals surface area contributed by atoms with Crippen LogP contribution in [0, 0.1) is 12.8 Å². The van der Waals surface area contributed by atoms with E-state index >= 15 is 0 Å². The van der Waals surface area contributed by atoms with E-state index in [0.29, 0.717) is 25.9 Å². The van der Waals surface area contributed by atoms with E-state index in [9.17, 15) is 13.5 Å². The van der Waals surface area contributed by atoms with Crippen LogP contribution in [0.3, 0.4) is 0 Å². The van der Waals surface area contributed by atoms with Crippen LogP contribution < -0.4 is 4.90 Å². The first-order valence-corrected chi connectivity index (χ1v) is 10.4. The van der Waals surface area contributed by atoms with Crippen LogP contribution in [0.15, 0.2) is 0 Å². The summed E-state index contributed by atoms with van der Waals surface area (Å²) in [6.45, 7) is 4.76. The first-order chi connectivity index (χ1) is 11.4. The summed E-state index contributed by atoms with van der Waals surface area (Å²) in [7, 11) is -3.19. The quantitative estimate of drug-likeness (QED) is 0.843. The van der Waals surface area contributed by atoms with Crippen molar-refractivity contribution in [2.24, 2.45) is 5.92 Å². The molecule has 8 heteroatoms. The predicted octanol–water partition coefficient (Wildman–Crippen LogP) is 0.354. The standard InChI is InChI=1S/C16H26N4O3S/c1-12-17-15-6-9-20(24(2,22)23)8-5-14(15)16(18-12)19-7-3-4-13(10-19)11-21/h13,21H,3-11H2,1-2H3/t13-/m0/s1. The van der Waals surface area contributed by atoms with Crippen molar-refractivity contribution in [3.05, 3.63) is 17.1 Å². The zero-order valence-corrected chi connectivity index (χ0v) is 15.2. The van der Waals surface area contributed by atoms with Crippen molar-refractivity contribution in [2.75, 3.05) is 43.9 Å². The molecule has 3 rings (SSSR count). The van der Waals surface area contributed by atoms with Crippen LogP contribution >= 0.6 is 0 Å². The molecule has 0 amide bonds. The van der Waals surface area contributed by atoms with E-state index in [1.807, 2.05) is 6.92 Å². The Morgan fingerprint density at radius 3 is 2.67 bits per heavy atom. The van der Waals surface area contributed by atoms with Gasteiger partial charge in [0.2, 0.25) is 10.0 Å². The third-order valence-electron chi connectivity index (χ3n) is 4.94. The maximum Gasteiger partial charge on any atom is 0.211 e. The summed E-state index contributed by atoms with van der Waals surface area (Å²) < 4.78 is 25.3. The van der Waals surface area contributed by atoms with Crippen molar-refractivity contribution in [3.63, 3.8) is 0 Å². The number of aryl methyl sites for hydroxylation is 1. The first kappa shape index (κ1) is 17.6. The molecule has 0 aromatic carbocycles. The summed E-state index contributed by atoms with van der Waals surface area (Å²) in [5, 5.41) is 9.49. The minimum absolute atomic E-state index is 0.199. The van der Waals surface area contributed by atoms with Gasteiger partial charge in [-0.15, -0.1) is 0 Å². The Labute approximate surface area is 143 Å². The fourth-order valence-corrected chi connectivity index (χ4v) is 4.52. The molecule has 7 nitrogen and oxygen atoms in total. The average molecular weight is 354 g/mol. The Hall–Kier alpha value is -1.25. The molecule has 1 aromatic rings. The maximum absolute atomic E-state index is 11.9. The lowest BCUT2D eigenvalue weighted by Gasteiger charge is -2.34. The van der Waals surface area contributed by atoms with Crippen LogP contribution in [0.5, 0.6) is 0 Å². The second-order valence-corrected chi connectivity index (χ2v) is 8.80. The Morgan fingerprint density at radius 1 is 1.21 bits per heavy atom. The van der Waals surface area contributed by atoms with Crippen molar-refractivity contribution in [1.29, 1.82) is 0 Å². The monoisotopic (exact) mass is 354 g/mol. The molecule has 1 atom stereocenters. The Morgan fingerprint density at radius 2 is 1.96 bits per heavy atom. The fraction of sp³-hybridized carbons (Fsp3) is 0.750. The molecule has 0 bridgehead atoms. The van der Waals surface area contributed by atoms with Gasteiger partial charge < -0.3 is 10.0 Å². The van der Waals surface area contributed by atoms with Crippen LogP contribution in [-0.4, -0.2) is 66.8 Å². The summed E-state index contributed by atoms with van der Waals surface area (Å²) in [6.07, 6.45) is 4.60. The third kappa shape index (κ3) is 3.70. The summed E-state index contributed by atoms with van der Waals surface area (Å²) >= 11 is 0. The van der Waals surface area contributed by atoms with Crippen molar-refractivity contribution in [1.82, 2.24) is 14.3 Å². The molecule has 134 valence electrons. The number of rotatable bonds is 3. The molecule has 3 heterocycles. The number of hydrogen-bond donors (Lipinski definition) is 1. The molecule has 0 unspecified atom stereocenters. The molecular formula is C16H26N4O3S. The minimum atomic E-state index is -3.19. The molecule has 24 heavy (non-hydrogen) atoms. The topological polar surface area (TPSA) is 86.6 Å². The number of nitrogens with zero attached hydrogens (tertiary/aromatic N) is 4. The molecule has 1 aromatic heterocycles. The summed E-state index contributed by atoms with van der Waals surface area (Å²) in [6, 6.07) is 0. The van der Waals surface area contributed by atoms with Crippen LogP contribution in [-0.2, 0) is 22.9 Å². The van der Waals surface area contributed by atoms with E-state index in [4.69, 9.17) is 0 Å². The van der Waals surface area contributed by atoms with Gasteiger partial charge >= 0.3 is 0 Å². The number of sulfonamides is 1. The summed E-state index contributed by atoms with van der Waals surface area (Å²) in [5.74, 6) is 1.94. The molecule has 1 saturated heterocycles. The van der Waals surface area contributed by atoms with Crippen LogP contribution in [0.1, 0.15) is 29.9 Å². The molecule has 0 spiro atoms. The Kier molecular flexibility index (Phi) is 5.08. The molecule has 2 aliphatic rings. The largest absolute Gasteiger partial charge is 0.396 e. The second kappa shape index (κ2) is 6.93. The zero-order valence-electron chi connectivity index (χ0n) is 14.4. The van der Waals surface area contributed by atoms with Crippen LogP contribution in [0.2, 0.25) is 0 Å². The molecule has 1 N–H and O–H groups in total. The van der Waals surface area contributed by atoms with E-state index < -0.39 is 10.0 Å². The lowest BCUT2D eigenvalue weighted by molar-refractivity contribution is 0.208. The van der Waals surface area contributed by atoms with E-state index in [1.165, 1.54) is 10.6 Å². The number of aromatic nitrogens is 2. The summed E-state index contributed by atoms with van der Waals surface area (Å²) in [5.41, 5.74) is 2.04.